The van der Waals surface area contributed by atoms with Gasteiger partial charge in [-0.3, -0.25) is 0 Å². The largest absolute Gasteiger partial charge is 0.493 e. The summed E-state index contributed by atoms with van der Waals surface area (Å²) in [6.07, 6.45) is 14.6. The van der Waals surface area contributed by atoms with Crippen LogP contribution in [0.2, 0.25) is 0 Å². The van der Waals surface area contributed by atoms with Crippen molar-refractivity contribution in [1.29, 1.82) is 0 Å². The number of rotatable bonds is 4. The zero-order valence-electron chi connectivity index (χ0n) is 14.9. The van der Waals surface area contributed by atoms with Crippen LogP contribution in [0, 0.1) is 17.8 Å². The summed E-state index contributed by atoms with van der Waals surface area (Å²) in [7, 11) is 0. The van der Waals surface area contributed by atoms with Crippen molar-refractivity contribution in [2.24, 2.45) is 17.8 Å². The first-order valence-electron chi connectivity index (χ1n) is 10.1. The van der Waals surface area contributed by atoms with E-state index in [1.165, 1.54) is 82.3 Å². The summed E-state index contributed by atoms with van der Waals surface area (Å²) in [5.41, 5.74) is 3.09. The van der Waals surface area contributed by atoms with Crippen molar-refractivity contribution in [3.05, 3.63) is 23.0 Å². The molecular formula is C21H33NO. The van der Waals surface area contributed by atoms with E-state index in [2.05, 4.69) is 17.9 Å². The van der Waals surface area contributed by atoms with Crippen molar-refractivity contribution < 1.29 is 4.74 Å². The van der Waals surface area contributed by atoms with E-state index in [1.54, 1.807) is 5.57 Å². The maximum atomic E-state index is 6.21. The Balaban J connectivity index is 1.31. The predicted molar refractivity (Wildman–Crippen MR) is 95.2 cm³/mol. The van der Waals surface area contributed by atoms with E-state index in [0.29, 0.717) is 0 Å². The van der Waals surface area contributed by atoms with Gasteiger partial charge in [-0.15, -0.1) is 0 Å². The van der Waals surface area contributed by atoms with Crippen LogP contribution in [-0.2, 0) is 4.74 Å². The summed E-state index contributed by atoms with van der Waals surface area (Å²) in [6, 6.07) is 0. The van der Waals surface area contributed by atoms with E-state index in [-0.39, 0.29) is 0 Å². The minimum absolute atomic E-state index is 0.755. The number of fused-ring (bicyclic) bond motifs is 4. The van der Waals surface area contributed by atoms with E-state index in [4.69, 9.17) is 4.74 Å². The Morgan fingerprint density at radius 1 is 1.13 bits per heavy atom. The Morgan fingerprint density at radius 3 is 2.57 bits per heavy atom. The summed E-state index contributed by atoms with van der Waals surface area (Å²) < 4.78 is 6.21. The molecule has 1 atom stereocenters. The molecule has 2 saturated heterocycles. The van der Waals surface area contributed by atoms with Crippen LogP contribution in [0.4, 0.5) is 0 Å². The lowest BCUT2D eigenvalue weighted by atomic mass is 9.84. The Labute approximate surface area is 142 Å². The molecule has 0 aromatic heterocycles. The van der Waals surface area contributed by atoms with Crippen LogP contribution in [0.1, 0.15) is 64.7 Å². The lowest BCUT2D eigenvalue weighted by Gasteiger charge is -2.32. The number of nitrogens with zero attached hydrogens (tertiary/aromatic N) is 1. The maximum absolute atomic E-state index is 6.21. The molecule has 0 amide bonds. The van der Waals surface area contributed by atoms with E-state index < -0.39 is 0 Å². The summed E-state index contributed by atoms with van der Waals surface area (Å²) >= 11 is 0. The normalized spacial score (nSPS) is 34.7. The highest BCUT2D eigenvalue weighted by Gasteiger charge is 2.30. The van der Waals surface area contributed by atoms with Gasteiger partial charge in [0.05, 0.1) is 6.61 Å². The minimum Gasteiger partial charge on any atom is -0.493 e. The Bertz CT molecular complexity index is 470. The molecule has 1 saturated carbocycles. The highest BCUT2D eigenvalue weighted by molar-refractivity contribution is 5.35. The van der Waals surface area contributed by atoms with Crippen molar-refractivity contribution in [3.8, 4) is 0 Å². The van der Waals surface area contributed by atoms with Crippen LogP contribution in [0.15, 0.2) is 23.0 Å². The molecule has 0 spiro atoms. The number of ether oxygens (including phenoxy) is 1. The van der Waals surface area contributed by atoms with Crippen molar-refractivity contribution >= 4 is 0 Å². The molecule has 2 bridgehead atoms. The van der Waals surface area contributed by atoms with Crippen LogP contribution in [0.5, 0.6) is 0 Å². The Hall–Kier alpha value is -0.760. The number of hydrogen-bond donors (Lipinski definition) is 0. The fourth-order valence-electron chi connectivity index (χ4n) is 5.29. The van der Waals surface area contributed by atoms with Gasteiger partial charge in [0.25, 0.3) is 0 Å². The van der Waals surface area contributed by atoms with Gasteiger partial charge in [-0.2, -0.15) is 0 Å². The van der Waals surface area contributed by atoms with Crippen molar-refractivity contribution in [2.75, 3.05) is 26.2 Å². The van der Waals surface area contributed by atoms with Crippen molar-refractivity contribution in [1.82, 2.24) is 4.90 Å². The van der Waals surface area contributed by atoms with E-state index in [9.17, 15) is 0 Å². The highest BCUT2D eigenvalue weighted by Crippen LogP contribution is 2.38. The number of allylic oxidation sites excluding steroid dienone is 3. The van der Waals surface area contributed by atoms with E-state index in [0.717, 1.165) is 30.8 Å². The first kappa shape index (κ1) is 15.7. The molecule has 0 radical (unpaired) electrons. The molecule has 128 valence electrons. The van der Waals surface area contributed by atoms with Gasteiger partial charge in [-0.05, 0) is 93.2 Å². The molecule has 0 aromatic rings. The van der Waals surface area contributed by atoms with Gasteiger partial charge in [0.15, 0.2) is 0 Å². The molecular weight excluding hydrogens is 282 g/mol. The minimum atomic E-state index is 0.755. The van der Waals surface area contributed by atoms with Gasteiger partial charge in [-0.25, -0.2) is 0 Å². The Kier molecular flexibility index (Phi) is 4.80. The summed E-state index contributed by atoms with van der Waals surface area (Å²) in [5.74, 6) is 4.04. The molecule has 5 aliphatic rings. The third kappa shape index (κ3) is 3.52. The molecule has 2 aliphatic carbocycles. The Morgan fingerprint density at radius 2 is 1.87 bits per heavy atom. The third-order valence-corrected chi connectivity index (χ3v) is 6.68. The SMILES string of the molecule is CCC1=CCCC2=C1OCC(CCN1CC3CCC(CC3)C1)C2. The molecule has 23 heavy (non-hydrogen) atoms. The van der Waals surface area contributed by atoms with Gasteiger partial charge < -0.3 is 9.64 Å². The second kappa shape index (κ2) is 7.01. The van der Waals surface area contributed by atoms with Crippen LogP contribution < -0.4 is 0 Å². The average molecular weight is 316 g/mol. The van der Waals surface area contributed by atoms with E-state index in [1.807, 2.05) is 0 Å². The quantitative estimate of drug-likeness (QED) is 0.730. The van der Waals surface area contributed by atoms with Gasteiger partial charge in [-0.1, -0.05) is 13.0 Å². The highest BCUT2D eigenvalue weighted by atomic mass is 16.5. The smallest absolute Gasteiger partial charge is 0.121 e. The van der Waals surface area contributed by atoms with Crippen molar-refractivity contribution in [3.63, 3.8) is 0 Å². The molecule has 0 aromatic carbocycles. The van der Waals surface area contributed by atoms with Gasteiger partial charge in [0.2, 0.25) is 0 Å². The summed E-state index contributed by atoms with van der Waals surface area (Å²) in [6.45, 7) is 7.27. The second-order valence-electron chi connectivity index (χ2n) is 8.37. The molecule has 5 rings (SSSR count). The van der Waals surface area contributed by atoms with Crippen LogP contribution in [0.3, 0.4) is 0 Å². The molecule has 3 heterocycles. The first-order chi connectivity index (χ1) is 11.3. The van der Waals surface area contributed by atoms with Gasteiger partial charge in [0.1, 0.15) is 5.76 Å². The lowest BCUT2D eigenvalue weighted by Crippen LogP contribution is -2.32. The first-order valence-corrected chi connectivity index (χ1v) is 10.1. The zero-order valence-corrected chi connectivity index (χ0v) is 14.9. The van der Waals surface area contributed by atoms with Crippen LogP contribution >= 0.6 is 0 Å². The summed E-state index contributed by atoms with van der Waals surface area (Å²) in [5, 5.41) is 0. The molecule has 2 heteroatoms. The fourth-order valence-corrected chi connectivity index (χ4v) is 5.29. The zero-order chi connectivity index (χ0) is 15.6. The topological polar surface area (TPSA) is 12.5 Å². The van der Waals surface area contributed by atoms with E-state index >= 15 is 0 Å². The van der Waals surface area contributed by atoms with Gasteiger partial charge >= 0.3 is 0 Å². The van der Waals surface area contributed by atoms with Gasteiger partial charge in [0, 0.05) is 13.1 Å². The lowest BCUT2D eigenvalue weighted by molar-refractivity contribution is 0.124. The second-order valence-corrected chi connectivity index (χ2v) is 8.37. The van der Waals surface area contributed by atoms with Crippen LogP contribution in [-0.4, -0.2) is 31.1 Å². The molecule has 3 fully saturated rings. The molecule has 3 aliphatic heterocycles. The molecule has 1 unspecified atom stereocenters. The molecule has 0 N–H and O–H groups in total. The fraction of sp³-hybridized carbons (Fsp3) is 0.810. The van der Waals surface area contributed by atoms with Crippen molar-refractivity contribution in [2.45, 2.75) is 64.7 Å². The third-order valence-electron chi connectivity index (χ3n) is 6.68. The monoisotopic (exact) mass is 315 g/mol. The predicted octanol–water partition coefficient (Wildman–Crippen LogP) is 4.92. The molecule has 2 nitrogen and oxygen atoms in total. The summed E-state index contributed by atoms with van der Waals surface area (Å²) in [4.78, 5) is 2.79. The number of hydrogen-bond acceptors (Lipinski definition) is 2. The average Bonchev–Trinajstić information content (AvgIpc) is 2.92. The standard InChI is InChI=1S/C21H33NO/c1-2-19-4-3-5-20-12-18(15-23-21(19)20)10-11-22-13-16-6-7-17(14-22)9-8-16/h4,16-18H,2-3,5-15H2,1H3. The maximum Gasteiger partial charge on any atom is 0.121 e. The van der Waals surface area contributed by atoms with Crippen LogP contribution in [0.25, 0.3) is 0 Å².